The van der Waals surface area contributed by atoms with Crippen molar-refractivity contribution in [1.29, 1.82) is 0 Å². The monoisotopic (exact) mass is 343 g/mol. The molecule has 0 saturated heterocycles. The van der Waals surface area contributed by atoms with Crippen LogP contribution < -0.4 is 9.47 Å². The highest BCUT2D eigenvalue weighted by atomic mass is 16.5. The van der Waals surface area contributed by atoms with E-state index in [4.69, 9.17) is 13.9 Å². The molecule has 0 radical (unpaired) electrons. The van der Waals surface area contributed by atoms with E-state index in [0.29, 0.717) is 31.3 Å². The van der Waals surface area contributed by atoms with Crippen molar-refractivity contribution in [2.45, 2.75) is 27.3 Å². The zero-order valence-electron chi connectivity index (χ0n) is 15.2. The van der Waals surface area contributed by atoms with Gasteiger partial charge in [0.1, 0.15) is 11.5 Å². The van der Waals surface area contributed by atoms with Gasteiger partial charge in [-0.1, -0.05) is 6.07 Å². The van der Waals surface area contributed by atoms with E-state index in [1.54, 1.807) is 24.1 Å². The van der Waals surface area contributed by atoms with Gasteiger partial charge in [0.05, 0.1) is 19.8 Å². The van der Waals surface area contributed by atoms with Gasteiger partial charge in [0.2, 0.25) is 5.91 Å². The van der Waals surface area contributed by atoms with Crippen molar-refractivity contribution in [3.05, 3.63) is 53.5 Å². The molecule has 0 N–H and O–H groups in total. The van der Waals surface area contributed by atoms with Crippen LogP contribution in [0.15, 0.2) is 40.8 Å². The number of furan rings is 1. The summed E-state index contributed by atoms with van der Waals surface area (Å²) in [5.74, 6) is 2.89. The highest BCUT2D eigenvalue weighted by Gasteiger charge is 2.09. The molecule has 0 fully saturated rings. The van der Waals surface area contributed by atoms with Gasteiger partial charge in [0.15, 0.2) is 11.5 Å². The van der Waals surface area contributed by atoms with Gasteiger partial charge in [-0.05, 0) is 56.7 Å². The Balaban J connectivity index is 2.04. The zero-order valence-corrected chi connectivity index (χ0v) is 15.2. The smallest absolute Gasteiger partial charge is 0.246 e. The zero-order chi connectivity index (χ0) is 18.2. The molecule has 5 nitrogen and oxygen atoms in total. The lowest BCUT2D eigenvalue weighted by Gasteiger charge is -2.13. The van der Waals surface area contributed by atoms with E-state index in [9.17, 15) is 4.79 Å². The van der Waals surface area contributed by atoms with Gasteiger partial charge >= 0.3 is 0 Å². The molecule has 0 spiro atoms. The number of nitrogens with zero attached hydrogens (tertiary/aromatic N) is 1. The molecule has 5 heteroatoms. The lowest BCUT2D eigenvalue weighted by Crippen LogP contribution is -2.23. The number of rotatable bonds is 8. The predicted molar refractivity (Wildman–Crippen MR) is 97.7 cm³/mol. The van der Waals surface area contributed by atoms with Crippen LogP contribution >= 0.6 is 0 Å². The standard InChI is InChI=1S/C20H25NO4/c1-5-23-18-11-8-16(13-19(18)24-6-2)9-12-20(22)21(4)14-17-10-7-15(3)25-17/h7-13H,5-6,14H2,1-4H3/b12-9+. The summed E-state index contributed by atoms with van der Waals surface area (Å²) in [6.45, 7) is 7.30. The minimum absolute atomic E-state index is 0.0964. The molecule has 2 aromatic rings. The fourth-order valence-corrected chi connectivity index (χ4v) is 2.35. The molecule has 0 unspecified atom stereocenters. The van der Waals surface area contributed by atoms with Gasteiger partial charge in [-0.2, -0.15) is 0 Å². The normalized spacial score (nSPS) is 10.9. The number of hydrogen-bond acceptors (Lipinski definition) is 4. The maximum absolute atomic E-state index is 12.2. The SMILES string of the molecule is CCOc1ccc(/C=C/C(=O)N(C)Cc2ccc(C)o2)cc1OCC. The van der Waals surface area contributed by atoms with Crippen LogP contribution in [0, 0.1) is 6.92 Å². The Hall–Kier alpha value is -2.69. The summed E-state index contributed by atoms with van der Waals surface area (Å²) >= 11 is 0. The molecule has 1 aromatic heterocycles. The molecule has 0 aliphatic carbocycles. The Morgan fingerprint density at radius 1 is 1.12 bits per heavy atom. The maximum atomic E-state index is 12.2. The number of amides is 1. The summed E-state index contributed by atoms with van der Waals surface area (Å²) in [6, 6.07) is 9.39. The number of benzene rings is 1. The van der Waals surface area contributed by atoms with E-state index >= 15 is 0 Å². The van der Waals surface area contributed by atoms with Gasteiger partial charge < -0.3 is 18.8 Å². The molecule has 1 aromatic carbocycles. The average molecular weight is 343 g/mol. The van der Waals surface area contributed by atoms with Crippen molar-refractivity contribution in [3.63, 3.8) is 0 Å². The van der Waals surface area contributed by atoms with E-state index in [-0.39, 0.29) is 5.91 Å². The first kappa shape index (κ1) is 18.6. The summed E-state index contributed by atoms with van der Waals surface area (Å²) in [5, 5.41) is 0. The number of hydrogen-bond donors (Lipinski definition) is 0. The van der Waals surface area contributed by atoms with Crippen LogP contribution in [0.2, 0.25) is 0 Å². The summed E-state index contributed by atoms with van der Waals surface area (Å²) in [4.78, 5) is 13.9. The van der Waals surface area contributed by atoms with Crippen LogP contribution in [0.4, 0.5) is 0 Å². The second-order valence-corrected chi connectivity index (χ2v) is 5.61. The Kier molecular flexibility index (Phi) is 6.69. The van der Waals surface area contributed by atoms with Crippen molar-refractivity contribution >= 4 is 12.0 Å². The van der Waals surface area contributed by atoms with Crippen LogP contribution in [0.3, 0.4) is 0 Å². The van der Waals surface area contributed by atoms with Crippen molar-refractivity contribution in [2.75, 3.05) is 20.3 Å². The summed E-state index contributed by atoms with van der Waals surface area (Å²) in [7, 11) is 1.74. The Bertz CT molecular complexity index is 733. The van der Waals surface area contributed by atoms with E-state index in [0.717, 1.165) is 17.1 Å². The average Bonchev–Trinajstić information content (AvgIpc) is 3.00. The summed E-state index contributed by atoms with van der Waals surface area (Å²) in [5.41, 5.74) is 0.877. The molecule has 0 saturated carbocycles. The minimum Gasteiger partial charge on any atom is -0.490 e. The Morgan fingerprint density at radius 2 is 1.84 bits per heavy atom. The first-order valence-electron chi connectivity index (χ1n) is 8.41. The molecule has 0 aliphatic heterocycles. The van der Waals surface area contributed by atoms with E-state index in [1.807, 2.05) is 51.1 Å². The first-order valence-corrected chi connectivity index (χ1v) is 8.41. The molecule has 2 rings (SSSR count). The van der Waals surface area contributed by atoms with Gasteiger partial charge in [-0.25, -0.2) is 0 Å². The fraction of sp³-hybridized carbons (Fsp3) is 0.350. The molecular weight excluding hydrogens is 318 g/mol. The van der Waals surface area contributed by atoms with Crippen molar-refractivity contribution < 1.29 is 18.7 Å². The van der Waals surface area contributed by atoms with Gasteiger partial charge in [0, 0.05) is 13.1 Å². The predicted octanol–water partition coefficient (Wildman–Crippen LogP) is 4.06. The number of likely N-dealkylation sites (N-methyl/N-ethyl adjacent to an activating group) is 1. The first-order chi connectivity index (χ1) is 12.0. The second-order valence-electron chi connectivity index (χ2n) is 5.61. The Morgan fingerprint density at radius 3 is 2.48 bits per heavy atom. The van der Waals surface area contributed by atoms with Crippen LogP contribution in [0.1, 0.15) is 30.9 Å². The van der Waals surface area contributed by atoms with Crippen molar-refractivity contribution in [3.8, 4) is 11.5 Å². The van der Waals surface area contributed by atoms with Gasteiger partial charge in [-0.3, -0.25) is 4.79 Å². The summed E-state index contributed by atoms with van der Waals surface area (Å²) in [6.07, 6.45) is 3.31. The molecule has 1 heterocycles. The second kappa shape index (κ2) is 8.97. The van der Waals surface area contributed by atoms with E-state index in [1.165, 1.54) is 0 Å². The third-order valence-corrected chi connectivity index (χ3v) is 3.55. The van der Waals surface area contributed by atoms with Crippen LogP contribution in [-0.4, -0.2) is 31.1 Å². The topological polar surface area (TPSA) is 51.9 Å². The molecule has 0 bridgehead atoms. The molecule has 134 valence electrons. The largest absolute Gasteiger partial charge is 0.490 e. The van der Waals surface area contributed by atoms with Gasteiger partial charge in [0.25, 0.3) is 0 Å². The number of ether oxygens (including phenoxy) is 2. The third kappa shape index (κ3) is 5.41. The van der Waals surface area contributed by atoms with E-state index < -0.39 is 0 Å². The fourth-order valence-electron chi connectivity index (χ4n) is 2.35. The quantitative estimate of drug-likeness (QED) is 0.678. The van der Waals surface area contributed by atoms with E-state index in [2.05, 4.69) is 0 Å². The molecular formula is C20H25NO4. The van der Waals surface area contributed by atoms with Crippen LogP contribution in [-0.2, 0) is 11.3 Å². The van der Waals surface area contributed by atoms with Crippen molar-refractivity contribution in [1.82, 2.24) is 4.90 Å². The highest BCUT2D eigenvalue weighted by Crippen LogP contribution is 2.29. The van der Waals surface area contributed by atoms with Crippen LogP contribution in [0.5, 0.6) is 11.5 Å². The summed E-state index contributed by atoms with van der Waals surface area (Å²) < 4.78 is 16.6. The molecule has 0 aliphatic rings. The highest BCUT2D eigenvalue weighted by molar-refractivity contribution is 5.91. The number of carbonyl (C=O) groups excluding carboxylic acids is 1. The van der Waals surface area contributed by atoms with Crippen molar-refractivity contribution in [2.24, 2.45) is 0 Å². The maximum Gasteiger partial charge on any atom is 0.246 e. The lowest BCUT2D eigenvalue weighted by molar-refractivity contribution is -0.125. The van der Waals surface area contributed by atoms with Crippen LogP contribution in [0.25, 0.3) is 6.08 Å². The lowest BCUT2D eigenvalue weighted by atomic mass is 10.2. The molecule has 1 amide bonds. The minimum atomic E-state index is -0.0964. The number of aryl methyl sites for hydroxylation is 1. The molecule has 25 heavy (non-hydrogen) atoms. The Labute approximate surface area is 148 Å². The third-order valence-electron chi connectivity index (χ3n) is 3.55. The van der Waals surface area contributed by atoms with Gasteiger partial charge in [-0.15, -0.1) is 0 Å². The number of carbonyl (C=O) groups is 1. The molecule has 0 atom stereocenters.